The molecule has 0 aliphatic carbocycles. The average molecular weight is 416 g/mol. The van der Waals surface area contributed by atoms with Gasteiger partial charge >= 0.3 is 5.97 Å². The van der Waals surface area contributed by atoms with Crippen LogP contribution in [0.4, 0.5) is 0 Å². The molecule has 0 saturated carbocycles. The van der Waals surface area contributed by atoms with Crippen molar-refractivity contribution in [3.05, 3.63) is 113 Å². The van der Waals surface area contributed by atoms with E-state index in [9.17, 15) is 4.79 Å². The van der Waals surface area contributed by atoms with Gasteiger partial charge in [-0.1, -0.05) is 84.6 Å². The number of hydrogen-bond donors (Lipinski definition) is 1. The van der Waals surface area contributed by atoms with Crippen LogP contribution in [-0.4, -0.2) is 25.8 Å². The maximum atomic E-state index is 11.0. The van der Waals surface area contributed by atoms with Gasteiger partial charge in [0.2, 0.25) is 0 Å². The van der Waals surface area contributed by atoms with Crippen LogP contribution >= 0.6 is 11.8 Å². The van der Waals surface area contributed by atoms with Crippen LogP contribution in [0.25, 0.3) is 0 Å². The molecule has 4 rings (SSSR count). The van der Waals surface area contributed by atoms with Gasteiger partial charge in [0, 0.05) is 12.2 Å². The molecule has 0 unspecified atom stereocenters. The van der Waals surface area contributed by atoms with Gasteiger partial charge in [0.25, 0.3) is 0 Å². The third-order valence-electron chi connectivity index (χ3n) is 4.75. The first-order valence-electron chi connectivity index (χ1n) is 9.64. The maximum Gasteiger partial charge on any atom is 0.335 e. The number of carboxylic acid groups (broad SMARTS) is 1. The molecule has 0 radical (unpaired) electrons. The molecule has 150 valence electrons. The fourth-order valence-electron chi connectivity index (χ4n) is 3.15. The van der Waals surface area contributed by atoms with E-state index in [1.54, 1.807) is 23.9 Å². The lowest BCUT2D eigenvalue weighted by Gasteiger charge is -2.11. The van der Waals surface area contributed by atoms with E-state index in [1.165, 1.54) is 11.1 Å². The van der Waals surface area contributed by atoms with Gasteiger partial charge in [-0.25, -0.2) is 4.79 Å². The normalized spacial score (nSPS) is 10.8. The van der Waals surface area contributed by atoms with Crippen LogP contribution in [0.5, 0.6) is 0 Å². The van der Waals surface area contributed by atoms with Crippen LogP contribution in [-0.2, 0) is 18.7 Å². The molecule has 6 heteroatoms. The highest BCUT2D eigenvalue weighted by Gasteiger charge is 2.14. The highest BCUT2D eigenvalue weighted by atomic mass is 32.2. The molecule has 0 amide bonds. The van der Waals surface area contributed by atoms with Gasteiger partial charge in [-0.2, -0.15) is 0 Å². The van der Waals surface area contributed by atoms with Crippen molar-refractivity contribution < 1.29 is 9.90 Å². The molecule has 0 atom stereocenters. The molecule has 0 aliphatic heterocycles. The number of rotatable bonds is 8. The number of aromatic nitrogens is 3. The summed E-state index contributed by atoms with van der Waals surface area (Å²) in [6.07, 6.45) is 0.717. The van der Waals surface area contributed by atoms with Crippen LogP contribution in [0.15, 0.2) is 90.1 Å². The molecule has 1 aromatic heterocycles. The summed E-state index contributed by atoms with van der Waals surface area (Å²) in [5.41, 5.74) is 3.73. The van der Waals surface area contributed by atoms with Crippen molar-refractivity contribution in [2.75, 3.05) is 0 Å². The summed E-state index contributed by atoms with van der Waals surface area (Å²) in [5.74, 6) is 0.703. The molecule has 0 fully saturated rings. The number of aromatic carboxylic acids is 1. The highest BCUT2D eigenvalue weighted by Crippen LogP contribution is 2.24. The lowest BCUT2D eigenvalue weighted by atomic mass is 10.1. The molecule has 0 aliphatic rings. The molecular weight excluding hydrogens is 394 g/mol. The molecule has 1 N–H and O–H groups in total. The number of benzene rings is 3. The van der Waals surface area contributed by atoms with Crippen molar-refractivity contribution in [2.24, 2.45) is 0 Å². The van der Waals surface area contributed by atoms with Crippen LogP contribution in [0, 0.1) is 0 Å². The lowest BCUT2D eigenvalue weighted by Crippen LogP contribution is -2.07. The standard InChI is InChI=1S/C24H21N3O2S/c28-23(29)21-13-11-20(12-14-21)17-30-24-26-25-22(15-18-7-3-1-4-8-18)27(24)16-19-9-5-2-6-10-19/h1-14H,15-17H2,(H,28,29). The van der Waals surface area contributed by atoms with Crippen LogP contribution in [0.3, 0.4) is 0 Å². The predicted octanol–water partition coefficient (Wildman–Crippen LogP) is 4.91. The summed E-state index contributed by atoms with van der Waals surface area (Å²) in [5, 5.41) is 18.8. The van der Waals surface area contributed by atoms with Crippen LogP contribution in [0.1, 0.15) is 32.9 Å². The molecule has 0 bridgehead atoms. The summed E-state index contributed by atoms with van der Waals surface area (Å²) in [6, 6.07) is 27.5. The topological polar surface area (TPSA) is 68.0 Å². The lowest BCUT2D eigenvalue weighted by molar-refractivity contribution is 0.0697. The van der Waals surface area contributed by atoms with Crippen molar-refractivity contribution in [3.63, 3.8) is 0 Å². The zero-order chi connectivity index (χ0) is 20.8. The fraction of sp³-hybridized carbons (Fsp3) is 0.125. The van der Waals surface area contributed by atoms with Gasteiger partial charge in [0.1, 0.15) is 5.82 Å². The Hall–Kier alpha value is -3.38. The Balaban J connectivity index is 1.56. The quantitative estimate of drug-likeness (QED) is 0.414. The largest absolute Gasteiger partial charge is 0.478 e. The van der Waals surface area contributed by atoms with Crippen molar-refractivity contribution in [3.8, 4) is 0 Å². The third-order valence-corrected chi connectivity index (χ3v) is 5.79. The Morgan fingerprint density at radius 2 is 1.43 bits per heavy atom. The first-order valence-corrected chi connectivity index (χ1v) is 10.6. The summed E-state index contributed by atoms with van der Waals surface area (Å²) in [4.78, 5) is 11.0. The molecule has 1 heterocycles. The van der Waals surface area contributed by atoms with Gasteiger partial charge in [-0.05, 0) is 28.8 Å². The zero-order valence-corrected chi connectivity index (χ0v) is 17.1. The Morgan fingerprint density at radius 3 is 2.07 bits per heavy atom. The second-order valence-corrected chi connectivity index (χ2v) is 7.87. The molecule has 30 heavy (non-hydrogen) atoms. The van der Waals surface area contributed by atoms with Crippen LogP contribution < -0.4 is 0 Å². The number of hydrogen-bond acceptors (Lipinski definition) is 4. The predicted molar refractivity (Wildman–Crippen MR) is 118 cm³/mol. The van der Waals surface area contributed by atoms with E-state index in [2.05, 4.69) is 39.0 Å². The summed E-state index contributed by atoms with van der Waals surface area (Å²) >= 11 is 1.61. The minimum atomic E-state index is -0.914. The Morgan fingerprint density at radius 1 is 0.800 bits per heavy atom. The number of carbonyl (C=O) groups is 1. The van der Waals surface area contributed by atoms with Crippen molar-refractivity contribution in [1.29, 1.82) is 0 Å². The average Bonchev–Trinajstić information content (AvgIpc) is 3.15. The maximum absolute atomic E-state index is 11.0. The van der Waals surface area contributed by atoms with Crippen molar-refractivity contribution >= 4 is 17.7 Å². The molecule has 0 saturated heterocycles. The van der Waals surface area contributed by atoms with Crippen LogP contribution in [0.2, 0.25) is 0 Å². The summed E-state index contributed by atoms with van der Waals surface area (Å²) < 4.78 is 2.17. The van der Waals surface area contributed by atoms with Gasteiger partial charge in [0.05, 0.1) is 12.1 Å². The Bertz CT molecular complexity index is 1110. The first-order chi connectivity index (χ1) is 14.7. The molecular formula is C24H21N3O2S. The monoisotopic (exact) mass is 415 g/mol. The van der Waals surface area contributed by atoms with Crippen molar-refractivity contribution in [1.82, 2.24) is 14.8 Å². The van der Waals surface area contributed by atoms with Gasteiger partial charge in [0.15, 0.2) is 5.16 Å². The summed E-state index contributed by atoms with van der Waals surface area (Å²) in [7, 11) is 0. The Labute approximate surface area is 179 Å². The van der Waals surface area contributed by atoms with E-state index >= 15 is 0 Å². The van der Waals surface area contributed by atoms with Crippen molar-refractivity contribution in [2.45, 2.75) is 23.9 Å². The number of nitrogens with zero attached hydrogens (tertiary/aromatic N) is 3. The molecule has 4 aromatic rings. The van der Waals surface area contributed by atoms with E-state index in [0.29, 0.717) is 24.3 Å². The highest BCUT2D eigenvalue weighted by molar-refractivity contribution is 7.98. The van der Waals surface area contributed by atoms with E-state index in [1.807, 2.05) is 48.5 Å². The second-order valence-electron chi connectivity index (χ2n) is 6.92. The molecule has 0 spiro atoms. The van der Waals surface area contributed by atoms with E-state index in [0.717, 1.165) is 16.5 Å². The van der Waals surface area contributed by atoms with Gasteiger partial charge in [-0.3, -0.25) is 0 Å². The fourth-order valence-corrected chi connectivity index (χ4v) is 4.06. The third kappa shape index (κ3) is 4.96. The zero-order valence-electron chi connectivity index (χ0n) is 16.3. The number of carboxylic acids is 1. The minimum absolute atomic E-state index is 0.293. The molecule has 5 nitrogen and oxygen atoms in total. The molecule has 3 aromatic carbocycles. The minimum Gasteiger partial charge on any atom is -0.478 e. The van der Waals surface area contributed by atoms with Gasteiger partial charge in [-0.15, -0.1) is 10.2 Å². The smallest absolute Gasteiger partial charge is 0.335 e. The Kier molecular flexibility index (Phi) is 6.25. The first kappa shape index (κ1) is 19.9. The van der Waals surface area contributed by atoms with Gasteiger partial charge < -0.3 is 9.67 Å². The second kappa shape index (κ2) is 9.41. The van der Waals surface area contributed by atoms with E-state index in [4.69, 9.17) is 5.11 Å². The number of thioether (sulfide) groups is 1. The SMILES string of the molecule is O=C(O)c1ccc(CSc2nnc(Cc3ccccc3)n2Cc2ccccc2)cc1. The van der Waals surface area contributed by atoms with E-state index in [-0.39, 0.29) is 0 Å². The van der Waals surface area contributed by atoms with E-state index < -0.39 is 5.97 Å². The summed E-state index contributed by atoms with van der Waals surface area (Å²) in [6.45, 7) is 0.705.